The van der Waals surface area contributed by atoms with Crippen LogP contribution in [-0.2, 0) is 17.6 Å². The maximum Gasteiger partial charge on any atom is 0.257 e. The highest BCUT2D eigenvalue weighted by Gasteiger charge is 2.35. The van der Waals surface area contributed by atoms with Crippen LogP contribution in [0.25, 0.3) is 0 Å². The van der Waals surface area contributed by atoms with Gasteiger partial charge in [0.05, 0.1) is 18.8 Å². The molecule has 2 aliphatic rings. The number of hydrogen-bond acceptors (Lipinski definition) is 4. The minimum absolute atomic E-state index is 0.00131. The molecule has 166 valence electrons. The third-order valence-corrected chi connectivity index (χ3v) is 7.76. The second-order valence-electron chi connectivity index (χ2n) is 9.38. The summed E-state index contributed by atoms with van der Waals surface area (Å²) in [7, 11) is 0. The van der Waals surface area contributed by atoms with Crippen molar-refractivity contribution in [3.05, 3.63) is 50.9 Å². The lowest BCUT2D eigenvalue weighted by Crippen LogP contribution is -2.41. The molecule has 31 heavy (non-hydrogen) atoms. The summed E-state index contributed by atoms with van der Waals surface area (Å²) in [5, 5.41) is 4.28. The lowest BCUT2D eigenvalue weighted by atomic mass is 9.72. The Morgan fingerprint density at radius 1 is 1.16 bits per heavy atom. The maximum absolute atomic E-state index is 13.5. The van der Waals surface area contributed by atoms with Gasteiger partial charge in [-0.3, -0.25) is 9.59 Å². The maximum atomic E-state index is 13.5. The molecule has 5 nitrogen and oxygen atoms in total. The third kappa shape index (κ3) is 4.81. The van der Waals surface area contributed by atoms with Crippen molar-refractivity contribution in [2.75, 3.05) is 31.6 Å². The molecule has 1 N–H and O–H groups in total. The van der Waals surface area contributed by atoms with Crippen LogP contribution in [0.1, 0.15) is 58.3 Å². The Morgan fingerprint density at radius 3 is 2.48 bits per heavy atom. The molecule has 1 atom stereocenters. The number of morpholine rings is 1. The van der Waals surface area contributed by atoms with Gasteiger partial charge in [0, 0.05) is 28.6 Å². The molecule has 1 fully saturated rings. The number of thiophene rings is 1. The van der Waals surface area contributed by atoms with E-state index in [1.807, 2.05) is 4.90 Å². The fraction of sp³-hybridized carbons (Fsp3) is 0.500. The molecule has 0 saturated carbocycles. The van der Waals surface area contributed by atoms with Gasteiger partial charge in [0.15, 0.2) is 0 Å². The first kappa shape index (κ1) is 22.3. The van der Waals surface area contributed by atoms with Crippen molar-refractivity contribution in [3.63, 3.8) is 0 Å². The standard InChI is InChI=1S/C24H29ClN2O3S/c1-24(2,3)16-6-9-18-19(14-16)31-22(20(18)23(29)27-10-12-30-13-11-27)26-21(28)15-4-7-17(25)8-5-15/h4-5,7-8,16H,6,9-14H2,1-3H3,(H,26,28)/t16-/m1/s1. The molecule has 1 saturated heterocycles. The van der Waals surface area contributed by atoms with Crippen molar-refractivity contribution in [1.82, 2.24) is 4.90 Å². The normalized spacial score (nSPS) is 19.1. The molecule has 0 radical (unpaired) electrons. The van der Waals surface area contributed by atoms with Gasteiger partial charge >= 0.3 is 0 Å². The van der Waals surface area contributed by atoms with E-state index in [1.165, 1.54) is 4.88 Å². The van der Waals surface area contributed by atoms with E-state index in [0.717, 1.165) is 24.8 Å². The molecule has 1 aliphatic heterocycles. The van der Waals surface area contributed by atoms with E-state index in [1.54, 1.807) is 35.6 Å². The molecule has 1 aliphatic carbocycles. The Hall–Kier alpha value is -1.89. The van der Waals surface area contributed by atoms with E-state index in [4.69, 9.17) is 16.3 Å². The smallest absolute Gasteiger partial charge is 0.257 e. The van der Waals surface area contributed by atoms with Crippen molar-refractivity contribution in [2.45, 2.75) is 40.0 Å². The van der Waals surface area contributed by atoms with Crippen LogP contribution < -0.4 is 5.32 Å². The van der Waals surface area contributed by atoms with E-state index < -0.39 is 0 Å². The third-order valence-electron chi connectivity index (χ3n) is 6.34. The van der Waals surface area contributed by atoms with Crippen LogP contribution in [0.2, 0.25) is 5.02 Å². The van der Waals surface area contributed by atoms with E-state index in [2.05, 4.69) is 26.1 Å². The Kier molecular flexibility index (Phi) is 6.42. The first-order valence-electron chi connectivity index (χ1n) is 10.8. The van der Waals surface area contributed by atoms with Gasteiger partial charge in [-0.2, -0.15) is 0 Å². The van der Waals surface area contributed by atoms with Crippen LogP contribution in [0.4, 0.5) is 5.00 Å². The lowest BCUT2D eigenvalue weighted by molar-refractivity contribution is 0.0303. The van der Waals surface area contributed by atoms with Crippen LogP contribution >= 0.6 is 22.9 Å². The van der Waals surface area contributed by atoms with Gasteiger partial charge in [-0.25, -0.2) is 0 Å². The highest BCUT2D eigenvalue weighted by atomic mass is 35.5. The lowest BCUT2D eigenvalue weighted by Gasteiger charge is -2.34. The Balaban J connectivity index is 1.67. The van der Waals surface area contributed by atoms with Gasteiger partial charge in [-0.15, -0.1) is 11.3 Å². The predicted molar refractivity (Wildman–Crippen MR) is 125 cm³/mol. The minimum Gasteiger partial charge on any atom is -0.378 e. The number of carbonyl (C=O) groups excluding carboxylic acids is 2. The summed E-state index contributed by atoms with van der Waals surface area (Å²) in [6.07, 6.45) is 2.88. The van der Waals surface area contributed by atoms with Crippen LogP contribution in [-0.4, -0.2) is 43.0 Å². The molecule has 2 amide bonds. The largest absolute Gasteiger partial charge is 0.378 e. The topological polar surface area (TPSA) is 58.6 Å². The number of benzene rings is 1. The van der Waals surface area contributed by atoms with Crippen LogP contribution in [0.3, 0.4) is 0 Å². The quantitative estimate of drug-likeness (QED) is 0.678. The molecular weight excluding hydrogens is 432 g/mol. The van der Waals surface area contributed by atoms with E-state index in [0.29, 0.717) is 53.4 Å². The number of amides is 2. The first-order chi connectivity index (χ1) is 14.7. The van der Waals surface area contributed by atoms with Crippen molar-refractivity contribution in [1.29, 1.82) is 0 Å². The Labute approximate surface area is 192 Å². The molecule has 2 aromatic rings. The second kappa shape index (κ2) is 8.93. The summed E-state index contributed by atoms with van der Waals surface area (Å²) in [4.78, 5) is 29.5. The molecule has 0 unspecified atom stereocenters. The fourth-order valence-corrected chi connectivity index (χ4v) is 5.78. The van der Waals surface area contributed by atoms with Crippen LogP contribution in [0.5, 0.6) is 0 Å². The average Bonchev–Trinajstić information content (AvgIpc) is 3.10. The van der Waals surface area contributed by atoms with E-state index in [-0.39, 0.29) is 17.2 Å². The summed E-state index contributed by atoms with van der Waals surface area (Å²) in [5.74, 6) is 0.338. The predicted octanol–water partition coefficient (Wildman–Crippen LogP) is 5.28. The zero-order chi connectivity index (χ0) is 22.2. The minimum atomic E-state index is -0.223. The zero-order valence-corrected chi connectivity index (χ0v) is 19.9. The van der Waals surface area contributed by atoms with Crippen molar-refractivity contribution in [3.8, 4) is 0 Å². The number of rotatable bonds is 3. The van der Waals surface area contributed by atoms with Gasteiger partial charge in [0.2, 0.25) is 0 Å². The van der Waals surface area contributed by atoms with Crippen molar-refractivity contribution < 1.29 is 14.3 Å². The first-order valence-corrected chi connectivity index (χ1v) is 12.0. The van der Waals surface area contributed by atoms with Crippen LogP contribution in [0.15, 0.2) is 24.3 Å². The van der Waals surface area contributed by atoms with Crippen molar-refractivity contribution >= 4 is 39.8 Å². The number of halogens is 1. The fourth-order valence-electron chi connectivity index (χ4n) is 4.34. The van der Waals surface area contributed by atoms with Gasteiger partial charge in [0.1, 0.15) is 5.00 Å². The molecule has 0 bridgehead atoms. The molecule has 1 aromatic carbocycles. The highest BCUT2D eigenvalue weighted by Crippen LogP contribution is 2.44. The summed E-state index contributed by atoms with van der Waals surface area (Å²) in [5.41, 5.74) is 2.53. The van der Waals surface area contributed by atoms with Gasteiger partial charge in [-0.1, -0.05) is 32.4 Å². The number of ether oxygens (including phenoxy) is 1. The Bertz CT molecular complexity index is 972. The second-order valence-corrected chi connectivity index (χ2v) is 10.9. The number of nitrogens with one attached hydrogen (secondary N) is 1. The number of hydrogen-bond donors (Lipinski definition) is 1. The number of carbonyl (C=O) groups is 2. The van der Waals surface area contributed by atoms with Gasteiger partial charge in [0.25, 0.3) is 11.8 Å². The summed E-state index contributed by atoms with van der Waals surface area (Å²) in [6.45, 7) is 9.10. The number of nitrogens with zero attached hydrogens (tertiary/aromatic N) is 1. The van der Waals surface area contributed by atoms with E-state index >= 15 is 0 Å². The van der Waals surface area contributed by atoms with Gasteiger partial charge in [-0.05, 0) is 60.4 Å². The average molecular weight is 461 g/mol. The zero-order valence-electron chi connectivity index (χ0n) is 18.3. The van der Waals surface area contributed by atoms with Crippen molar-refractivity contribution in [2.24, 2.45) is 11.3 Å². The monoisotopic (exact) mass is 460 g/mol. The molecule has 1 aromatic heterocycles. The SMILES string of the molecule is CC(C)(C)[C@@H]1CCc2c(sc(NC(=O)c3ccc(Cl)cc3)c2C(=O)N2CCOCC2)C1. The Morgan fingerprint density at radius 2 is 1.84 bits per heavy atom. The summed E-state index contributed by atoms with van der Waals surface area (Å²) >= 11 is 7.52. The number of anilines is 1. The van der Waals surface area contributed by atoms with Crippen LogP contribution in [0, 0.1) is 11.3 Å². The van der Waals surface area contributed by atoms with Gasteiger partial charge < -0.3 is 15.0 Å². The molecule has 7 heteroatoms. The molecule has 0 spiro atoms. The van der Waals surface area contributed by atoms with E-state index in [9.17, 15) is 9.59 Å². The number of fused-ring (bicyclic) bond motifs is 1. The summed E-state index contributed by atoms with van der Waals surface area (Å²) in [6, 6.07) is 6.79. The molecular formula is C24H29ClN2O3S. The summed E-state index contributed by atoms with van der Waals surface area (Å²) < 4.78 is 5.42. The molecule has 4 rings (SSSR count). The highest BCUT2D eigenvalue weighted by molar-refractivity contribution is 7.17. The molecule has 2 heterocycles.